The molecule has 0 aliphatic rings. The number of carbonyl (C=O) groups excluding carboxylic acids is 3. The van der Waals surface area contributed by atoms with E-state index in [2.05, 4.69) is 203 Å². The van der Waals surface area contributed by atoms with Crippen LogP contribution in [0.4, 0.5) is 0 Å². The lowest BCUT2D eigenvalue weighted by atomic mass is 10.1. The summed E-state index contributed by atoms with van der Waals surface area (Å²) in [7, 11) is -9.82. The second-order valence-corrected chi connectivity index (χ2v) is 27.6. The molecule has 0 aromatic carbocycles. The molecule has 0 bridgehead atoms. The minimum absolute atomic E-state index is 0.0646. The Balaban J connectivity index is 4.67. The van der Waals surface area contributed by atoms with Gasteiger partial charge in [0.05, 0.1) is 26.4 Å². The van der Waals surface area contributed by atoms with Gasteiger partial charge in [-0.3, -0.25) is 32.5 Å². The van der Waals surface area contributed by atoms with Gasteiger partial charge in [0.15, 0.2) is 6.10 Å². The lowest BCUT2D eigenvalue weighted by Crippen LogP contribution is -2.30. The van der Waals surface area contributed by atoms with Gasteiger partial charge in [-0.05, 0) is 154 Å². The third kappa shape index (κ3) is 75.6. The Morgan fingerprint density at radius 3 is 0.782 bits per heavy atom. The number of ether oxygens (including phenoxy) is 3. The number of aliphatic hydroxyl groups excluding tert-OH is 2. The predicted octanol–water partition coefficient (Wildman–Crippen LogP) is 22.2. The zero-order valence-corrected chi connectivity index (χ0v) is 64.0. The maximum atomic E-state index is 13.0. The van der Waals surface area contributed by atoms with E-state index in [-0.39, 0.29) is 19.3 Å². The minimum Gasteiger partial charge on any atom is -0.463 e. The lowest BCUT2D eigenvalue weighted by Gasteiger charge is -2.21. The summed E-state index contributed by atoms with van der Waals surface area (Å²) in [5, 5.41) is 20.6. The van der Waals surface area contributed by atoms with E-state index >= 15 is 0 Å². The molecular formula is C83H134O16P2. The van der Waals surface area contributed by atoms with Crippen molar-refractivity contribution in [3.8, 4) is 0 Å². The number of allylic oxidation sites excluding steroid dienone is 30. The molecule has 0 aliphatic carbocycles. The first kappa shape index (κ1) is 95.6. The highest BCUT2D eigenvalue weighted by atomic mass is 31.2. The summed E-state index contributed by atoms with van der Waals surface area (Å²) < 4.78 is 61.1. The van der Waals surface area contributed by atoms with E-state index in [9.17, 15) is 43.5 Å². The number of aliphatic hydroxyl groups is 2. The van der Waals surface area contributed by atoms with Crippen LogP contribution in [0.2, 0.25) is 0 Å². The molecule has 0 heterocycles. The van der Waals surface area contributed by atoms with Crippen molar-refractivity contribution in [3.05, 3.63) is 182 Å². The summed E-state index contributed by atoms with van der Waals surface area (Å²) in [6.07, 6.45) is 95.0. The van der Waals surface area contributed by atoms with Gasteiger partial charge < -0.3 is 34.2 Å². The molecule has 0 fully saturated rings. The van der Waals surface area contributed by atoms with Gasteiger partial charge in [0.25, 0.3) is 0 Å². The molecule has 101 heavy (non-hydrogen) atoms. The molecule has 572 valence electrons. The van der Waals surface area contributed by atoms with Crippen molar-refractivity contribution in [2.45, 2.75) is 283 Å². The van der Waals surface area contributed by atoms with Crippen molar-refractivity contribution in [2.75, 3.05) is 39.6 Å². The average molecular weight is 1450 g/mol. The van der Waals surface area contributed by atoms with Crippen LogP contribution < -0.4 is 0 Å². The Labute approximate surface area is 611 Å². The van der Waals surface area contributed by atoms with Crippen molar-refractivity contribution in [2.24, 2.45) is 0 Å². The molecule has 0 saturated heterocycles. The van der Waals surface area contributed by atoms with E-state index < -0.39 is 91.5 Å². The molecule has 0 saturated carbocycles. The van der Waals surface area contributed by atoms with Gasteiger partial charge in [0.2, 0.25) is 0 Å². The van der Waals surface area contributed by atoms with Gasteiger partial charge >= 0.3 is 33.6 Å². The Bertz CT molecular complexity index is 2570. The fourth-order valence-corrected chi connectivity index (χ4v) is 11.0. The summed E-state index contributed by atoms with van der Waals surface area (Å²) >= 11 is 0. The number of carbonyl (C=O) groups is 3. The summed E-state index contributed by atoms with van der Waals surface area (Å²) in [6.45, 7) is 2.25. The van der Waals surface area contributed by atoms with Crippen LogP contribution in [0.1, 0.15) is 265 Å². The smallest absolute Gasteiger partial charge is 0.463 e. The highest BCUT2D eigenvalue weighted by molar-refractivity contribution is 7.47. The van der Waals surface area contributed by atoms with Gasteiger partial charge in [0, 0.05) is 19.3 Å². The molecule has 4 N–H and O–H groups in total. The van der Waals surface area contributed by atoms with Crippen LogP contribution in [0.15, 0.2) is 182 Å². The fraction of sp³-hybridized carbons (Fsp3) is 0.602. The summed E-state index contributed by atoms with van der Waals surface area (Å²) in [6, 6.07) is 0. The lowest BCUT2D eigenvalue weighted by molar-refractivity contribution is -0.161. The zero-order chi connectivity index (χ0) is 73.7. The largest absolute Gasteiger partial charge is 0.472 e. The molecule has 18 heteroatoms. The molecule has 0 spiro atoms. The molecule has 16 nitrogen and oxygen atoms in total. The first-order valence-corrected chi connectivity index (χ1v) is 41.1. The maximum Gasteiger partial charge on any atom is 0.472 e. The molecule has 0 aromatic heterocycles. The van der Waals surface area contributed by atoms with Crippen molar-refractivity contribution in [3.63, 3.8) is 0 Å². The maximum absolute atomic E-state index is 13.0. The summed E-state index contributed by atoms with van der Waals surface area (Å²) in [4.78, 5) is 58.6. The van der Waals surface area contributed by atoms with Crippen molar-refractivity contribution >= 4 is 33.6 Å². The Morgan fingerprint density at radius 1 is 0.277 bits per heavy atom. The second kappa shape index (κ2) is 74.4. The third-order valence-corrected chi connectivity index (χ3v) is 17.0. The number of hydrogen-bond donors (Lipinski definition) is 4. The Morgan fingerprint density at radius 2 is 0.495 bits per heavy atom. The summed E-state index contributed by atoms with van der Waals surface area (Å²) in [5.74, 6) is -1.65. The standard InChI is InChI=1S/C83H134O16P2/c1-4-7-10-13-16-19-22-25-28-31-33-35-36-37-38-39-40-42-44-46-48-51-54-57-60-63-66-69-81(86)93-72-78(84)73-95-100(89,90)96-74-79(85)75-97-101(91,92)98-77-80(99-83(88)71-68-65-62-59-56-53-50-45-30-27-24-21-18-15-12-9-6-3)76-94-82(87)70-67-64-61-58-55-52-49-47-43-41-34-32-29-26-23-20-17-14-11-8-5-2/h7-12,16-21,25-30,33-35,37-38,40-42,47,49-50,53,78-80,84-85H,4-6,13-15,22-24,31-32,36,39,43-46,48,51-52,54-77H2,1-3H3,(H,89,90)(H,91,92)/b10-7-,11-8-,12-9-,19-16-,20-17-,21-18-,28-25-,29-26-,30-27-,35-33-,38-37-,41-34-,42-40-,49-47-,53-50-. The molecular weight excluding hydrogens is 1310 g/mol. The van der Waals surface area contributed by atoms with Crippen molar-refractivity contribution < 1.29 is 75.8 Å². The van der Waals surface area contributed by atoms with E-state index in [1.165, 1.54) is 19.3 Å². The topological polar surface area (TPSA) is 231 Å². The van der Waals surface area contributed by atoms with Crippen LogP contribution in [0.25, 0.3) is 0 Å². The molecule has 0 amide bonds. The molecule has 0 rings (SSSR count). The van der Waals surface area contributed by atoms with E-state index in [0.717, 1.165) is 186 Å². The van der Waals surface area contributed by atoms with E-state index in [0.29, 0.717) is 19.3 Å². The first-order valence-electron chi connectivity index (χ1n) is 38.1. The van der Waals surface area contributed by atoms with Crippen LogP contribution in [-0.2, 0) is 55.8 Å². The second-order valence-electron chi connectivity index (χ2n) is 24.7. The van der Waals surface area contributed by atoms with E-state index in [4.69, 9.17) is 32.3 Å². The Hall–Kier alpha value is -5.35. The number of hydrogen-bond acceptors (Lipinski definition) is 14. The Kier molecular flexibility index (Phi) is 70.4. The fourth-order valence-electron chi connectivity index (χ4n) is 9.41. The van der Waals surface area contributed by atoms with Crippen LogP contribution in [0.3, 0.4) is 0 Å². The van der Waals surface area contributed by atoms with Gasteiger partial charge in [-0.2, -0.15) is 0 Å². The highest BCUT2D eigenvalue weighted by Crippen LogP contribution is 2.45. The van der Waals surface area contributed by atoms with E-state index in [1.54, 1.807) is 0 Å². The van der Waals surface area contributed by atoms with Gasteiger partial charge in [-0.15, -0.1) is 0 Å². The third-order valence-electron chi connectivity index (χ3n) is 15.1. The minimum atomic E-state index is -4.95. The van der Waals surface area contributed by atoms with Crippen LogP contribution in [0, 0.1) is 0 Å². The quantitative estimate of drug-likeness (QED) is 0.0146. The number of esters is 3. The van der Waals surface area contributed by atoms with Crippen molar-refractivity contribution in [1.82, 2.24) is 0 Å². The number of rotatable bonds is 70. The monoisotopic (exact) mass is 1450 g/mol. The van der Waals surface area contributed by atoms with Gasteiger partial charge in [-0.1, -0.05) is 274 Å². The number of unbranched alkanes of at least 4 members (excludes halogenated alkanes) is 17. The first-order chi connectivity index (χ1) is 49.2. The van der Waals surface area contributed by atoms with Crippen LogP contribution in [-0.4, -0.2) is 95.9 Å². The number of phosphoric ester groups is 2. The average Bonchev–Trinajstić information content (AvgIpc) is 0.974. The molecule has 5 unspecified atom stereocenters. The molecule has 5 atom stereocenters. The molecule has 0 aliphatic heterocycles. The van der Waals surface area contributed by atoms with Crippen LogP contribution in [0.5, 0.6) is 0 Å². The van der Waals surface area contributed by atoms with E-state index in [1.807, 2.05) is 0 Å². The van der Waals surface area contributed by atoms with Gasteiger partial charge in [-0.25, -0.2) is 9.13 Å². The summed E-state index contributed by atoms with van der Waals surface area (Å²) in [5.41, 5.74) is 0. The van der Waals surface area contributed by atoms with Gasteiger partial charge in [0.1, 0.15) is 25.4 Å². The SMILES string of the molecule is CC/C=C\C/C=C\C/C=C\C/C=C\C/C=C\C/C=C\CCCCCCCCCCC(=O)OCC(O)COP(=O)(O)OCC(O)COP(=O)(O)OCC(COC(=O)CCCCCCC/C=C\C/C=C\C/C=C\C/C=C\C/C=C\CC)OC(=O)CCCCCC/C=C\C/C=C\C/C=C\C/C=C\CC. The van der Waals surface area contributed by atoms with Crippen LogP contribution >= 0.6 is 15.6 Å². The molecule has 0 radical (unpaired) electrons. The normalized spacial score (nSPS) is 15.0. The van der Waals surface area contributed by atoms with Crippen molar-refractivity contribution in [1.29, 1.82) is 0 Å². The zero-order valence-electron chi connectivity index (χ0n) is 62.2. The highest BCUT2D eigenvalue weighted by Gasteiger charge is 2.29. The molecule has 0 aromatic rings. The number of phosphoric acid groups is 2. The predicted molar refractivity (Wildman–Crippen MR) is 417 cm³/mol.